The van der Waals surface area contributed by atoms with Crippen molar-refractivity contribution in [3.63, 3.8) is 0 Å². The van der Waals surface area contributed by atoms with E-state index in [9.17, 15) is 18.5 Å². The van der Waals surface area contributed by atoms with E-state index < -0.39 is 15.9 Å². The first-order valence-electron chi connectivity index (χ1n) is 11.6. The molecule has 0 radical (unpaired) electrons. The Bertz CT molecular complexity index is 1160. The number of benzene rings is 1. The number of rotatable bonds is 5. The first-order chi connectivity index (χ1) is 15.7. The molecule has 1 atom stereocenters. The second kappa shape index (κ2) is 9.35. The van der Waals surface area contributed by atoms with Gasteiger partial charge in [0.05, 0.1) is 23.1 Å². The number of carbonyl (C=O) groups is 1. The molecule has 4 rings (SSSR count). The van der Waals surface area contributed by atoms with Gasteiger partial charge < -0.3 is 19.1 Å². The number of ether oxygens (including phenoxy) is 1. The Morgan fingerprint density at radius 3 is 2.36 bits per heavy atom. The molecule has 1 unspecified atom stereocenters. The van der Waals surface area contributed by atoms with E-state index in [-0.39, 0.29) is 36.6 Å². The van der Waals surface area contributed by atoms with Crippen LogP contribution in [0.5, 0.6) is 5.75 Å². The largest absolute Gasteiger partial charge is 0.490 e. The second-order valence-corrected chi connectivity index (χ2v) is 11.6. The summed E-state index contributed by atoms with van der Waals surface area (Å²) in [4.78, 5) is 17.3. The number of carbonyl (C=O) groups excluding carboxylic acids is 1. The summed E-state index contributed by atoms with van der Waals surface area (Å²) in [6.45, 7) is 8.56. The molecule has 1 amide bonds. The van der Waals surface area contributed by atoms with Crippen LogP contribution in [0.2, 0.25) is 0 Å². The van der Waals surface area contributed by atoms with Crippen LogP contribution in [0, 0.1) is 11.3 Å². The molecule has 2 fully saturated rings. The summed E-state index contributed by atoms with van der Waals surface area (Å²) in [5, 5.41) is 10.4. The van der Waals surface area contributed by atoms with Crippen LogP contribution in [-0.4, -0.2) is 78.5 Å². The number of amides is 1. The molecule has 1 aromatic heterocycles. The minimum atomic E-state index is -3.09. The standard InChI is InChI=1S/C24H32N4O4S/c1-17(2)26-8-6-20(7-9-26)32-21-4-5-22-19(14-21)15-23(28(22)18(3)16-25)24(29)27-10-12-33(30,31)13-11-27/h4-5,14-15,17-18,20H,6-13H2,1-3H3. The first-order valence-corrected chi connectivity index (χ1v) is 13.5. The fraction of sp³-hybridized carbons (Fsp3) is 0.583. The quantitative estimate of drug-likeness (QED) is 0.664. The number of sulfone groups is 1. The molecule has 2 saturated heterocycles. The monoisotopic (exact) mass is 472 g/mol. The Balaban J connectivity index is 1.58. The van der Waals surface area contributed by atoms with Gasteiger partial charge in [-0.05, 0) is 57.9 Å². The number of likely N-dealkylation sites (tertiary alicyclic amines) is 1. The maximum absolute atomic E-state index is 13.3. The van der Waals surface area contributed by atoms with E-state index in [1.54, 1.807) is 22.5 Å². The Morgan fingerprint density at radius 2 is 1.76 bits per heavy atom. The number of nitrogens with zero attached hydrogens (tertiary/aromatic N) is 4. The van der Waals surface area contributed by atoms with Crippen LogP contribution >= 0.6 is 0 Å². The number of aromatic nitrogens is 1. The van der Waals surface area contributed by atoms with Crippen LogP contribution in [0.15, 0.2) is 24.3 Å². The maximum Gasteiger partial charge on any atom is 0.270 e. The third kappa shape index (κ3) is 5.02. The molecule has 1 aromatic carbocycles. The van der Waals surface area contributed by atoms with Crippen LogP contribution in [0.3, 0.4) is 0 Å². The van der Waals surface area contributed by atoms with Crippen molar-refractivity contribution >= 4 is 26.6 Å². The van der Waals surface area contributed by atoms with Crippen LogP contribution in [0.1, 0.15) is 50.1 Å². The van der Waals surface area contributed by atoms with Gasteiger partial charge in [-0.3, -0.25) is 4.79 Å². The number of hydrogen-bond donors (Lipinski definition) is 0. The van der Waals surface area contributed by atoms with Gasteiger partial charge in [-0.25, -0.2) is 8.42 Å². The lowest BCUT2D eigenvalue weighted by Crippen LogP contribution is -2.44. The highest BCUT2D eigenvalue weighted by atomic mass is 32.2. The van der Waals surface area contributed by atoms with E-state index in [1.807, 2.05) is 18.2 Å². The van der Waals surface area contributed by atoms with Gasteiger partial charge in [0, 0.05) is 37.6 Å². The molecule has 2 aliphatic heterocycles. The highest BCUT2D eigenvalue weighted by Crippen LogP contribution is 2.30. The first kappa shape index (κ1) is 23.6. The average Bonchev–Trinajstić information content (AvgIpc) is 3.17. The van der Waals surface area contributed by atoms with Crippen molar-refractivity contribution in [3.05, 3.63) is 30.0 Å². The van der Waals surface area contributed by atoms with Crippen LogP contribution in [0.25, 0.3) is 10.9 Å². The number of fused-ring (bicyclic) bond motifs is 1. The smallest absolute Gasteiger partial charge is 0.270 e. The molecular formula is C24H32N4O4S. The summed E-state index contributed by atoms with van der Waals surface area (Å²) < 4.78 is 31.5. The average molecular weight is 473 g/mol. The molecule has 9 heteroatoms. The highest BCUT2D eigenvalue weighted by Gasteiger charge is 2.29. The summed E-state index contributed by atoms with van der Waals surface area (Å²) in [6.07, 6.45) is 2.11. The normalized spacial score (nSPS) is 20.6. The molecule has 0 saturated carbocycles. The summed E-state index contributed by atoms with van der Waals surface area (Å²) in [6, 6.07) is 9.76. The summed E-state index contributed by atoms with van der Waals surface area (Å²) >= 11 is 0. The number of piperidine rings is 1. The third-order valence-electron chi connectivity index (χ3n) is 6.74. The molecule has 33 heavy (non-hydrogen) atoms. The second-order valence-electron chi connectivity index (χ2n) is 9.32. The van der Waals surface area contributed by atoms with Crippen molar-refractivity contribution in [2.75, 3.05) is 37.7 Å². The van der Waals surface area contributed by atoms with Crippen molar-refractivity contribution in [2.24, 2.45) is 0 Å². The van der Waals surface area contributed by atoms with E-state index in [0.29, 0.717) is 11.7 Å². The lowest BCUT2D eigenvalue weighted by Gasteiger charge is -2.34. The number of hydrogen-bond acceptors (Lipinski definition) is 6. The zero-order valence-electron chi connectivity index (χ0n) is 19.5. The minimum absolute atomic E-state index is 0.0274. The van der Waals surface area contributed by atoms with Crippen LogP contribution in [0.4, 0.5) is 0 Å². The summed E-state index contributed by atoms with van der Waals surface area (Å²) in [7, 11) is -3.09. The molecule has 0 bridgehead atoms. The van der Waals surface area contributed by atoms with Gasteiger partial charge >= 0.3 is 0 Å². The molecule has 2 aliphatic rings. The fourth-order valence-electron chi connectivity index (χ4n) is 4.71. The molecule has 0 N–H and O–H groups in total. The molecule has 8 nitrogen and oxygen atoms in total. The summed E-state index contributed by atoms with van der Waals surface area (Å²) in [5.74, 6) is 0.461. The van der Waals surface area contributed by atoms with Gasteiger partial charge in [0.15, 0.2) is 9.84 Å². The summed E-state index contributed by atoms with van der Waals surface area (Å²) in [5.41, 5.74) is 1.19. The Hall–Kier alpha value is -2.57. The van der Waals surface area contributed by atoms with E-state index >= 15 is 0 Å². The third-order valence-corrected chi connectivity index (χ3v) is 8.35. The van der Waals surface area contributed by atoms with Gasteiger partial charge in [0.2, 0.25) is 0 Å². The lowest BCUT2D eigenvalue weighted by atomic mass is 10.1. The Labute approximate surface area is 195 Å². The molecule has 0 spiro atoms. The van der Waals surface area contributed by atoms with Crippen LogP contribution < -0.4 is 4.74 Å². The van der Waals surface area contributed by atoms with Crippen molar-refractivity contribution in [2.45, 2.75) is 51.8 Å². The van der Waals surface area contributed by atoms with Crippen molar-refractivity contribution in [1.82, 2.24) is 14.4 Å². The molecule has 178 valence electrons. The molecule has 3 heterocycles. The molecule has 2 aromatic rings. The van der Waals surface area contributed by atoms with Gasteiger partial charge in [-0.1, -0.05) is 0 Å². The van der Waals surface area contributed by atoms with E-state index in [4.69, 9.17) is 4.74 Å². The van der Waals surface area contributed by atoms with Crippen molar-refractivity contribution in [1.29, 1.82) is 5.26 Å². The van der Waals surface area contributed by atoms with Gasteiger partial charge in [-0.15, -0.1) is 0 Å². The van der Waals surface area contributed by atoms with E-state index in [0.717, 1.165) is 42.6 Å². The minimum Gasteiger partial charge on any atom is -0.490 e. The highest BCUT2D eigenvalue weighted by molar-refractivity contribution is 7.91. The predicted octanol–water partition coefficient (Wildman–Crippen LogP) is 2.85. The Kier molecular flexibility index (Phi) is 6.68. The van der Waals surface area contributed by atoms with Gasteiger partial charge in [0.25, 0.3) is 5.91 Å². The lowest BCUT2D eigenvalue weighted by molar-refractivity contribution is 0.0759. The Morgan fingerprint density at radius 1 is 1.09 bits per heavy atom. The topological polar surface area (TPSA) is 95.6 Å². The molecular weight excluding hydrogens is 440 g/mol. The van der Waals surface area contributed by atoms with E-state index in [2.05, 4.69) is 24.8 Å². The number of nitriles is 1. The van der Waals surface area contributed by atoms with Gasteiger partial charge in [-0.2, -0.15) is 5.26 Å². The fourth-order valence-corrected chi connectivity index (χ4v) is 5.91. The maximum atomic E-state index is 13.3. The van der Waals surface area contributed by atoms with Crippen molar-refractivity contribution in [3.8, 4) is 11.8 Å². The van der Waals surface area contributed by atoms with Crippen LogP contribution in [-0.2, 0) is 9.84 Å². The zero-order chi connectivity index (χ0) is 23.8. The van der Waals surface area contributed by atoms with Gasteiger partial charge in [0.1, 0.15) is 23.6 Å². The predicted molar refractivity (Wildman–Crippen MR) is 127 cm³/mol. The zero-order valence-corrected chi connectivity index (χ0v) is 20.3. The SMILES string of the molecule is CC(C)N1CCC(Oc2ccc3c(c2)cc(C(=O)N2CCS(=O)(=O)CC2)n3C(C)C#N)CC1. The van der Waals surface area contributed by atoms with E-state index in [1.165, 1.54) is 0 Å². The van der Waals surface area contributed by atoms with Crippen molar-refractivity contribution < 1.29 is 17.9 Å². The molecule has 0 aliphatic carbocycles.